The second-order valence-corrected chi connectivity index (χ2v) is 16.2. The van der Waals surface area contributed by atoms with Crippen LogP contribution in [-0.2, 0) is 41.8 Å². The highest BCUT2D eigenvalue weighted by Gasteiger charge is 2.27. The van der Waals surface area contributed by atoms with Gasteiger partial charge in [0.25, 0.3) is 11.8 Å². The predicted octanol–water partition coefficient (Wildman–Crippen LogP) is 8.17. The van der Waals surface area contributed by atoms with Crippen molar-refractivity contribution in [3.8, 4) is 0 Å². The molecule has 0 bridgehead atoms. The molecule has 1 aliphatic carbocycles. The Bertz CT molecular complexity index is 2040. The van der Waals surface area contributed by atoms with Gasteiger partial charge in [-0.05, 0) is 110 Å². The van der Waals surface area contributed by atoms with E-state index in [1.807, 2.05) is 54.6 Å². The Morgan fingerprint density at radius 3 is 2.07 bits per heavy atom. The van der Waals surface area contributed by atoms with Gasteiger partial charge in [-0.1, -0.05) is 57.2 Å². The van der Waals surface area contributed by atoms with Crippen molar-refractivity contribution in [1.82, 2.24) is 9.80 Å². The van der Waals surface area contributed by atoms with Crippen molar-refractivity contribution in [3.63, 3.8) is 0 Å². The summed E-state index contributed by atoms with van der Waals surface area (Å²) in [4.78, 5) is 67.5. The summed E-state index contributed by atoms with van der Waals surface area (Å²) in [6.07, 6.45) is 5.84. The van der Waals surface area contributed by atoms with E-state index in [9.17, 15) is 24.0 Å². The Morgan fingerprint density at radius 1 is 0.772 bits per heavy atom. The SMILES string of the molecule is CC[C@H](C(C)C)N(CCN(C)C(=O)CCC(=O)O)Cc1cccc(C(=O)Nc2sc3c(c2C(=O)Nc2ccc(CCc4ccc(C(=O)O)cc4)cc2)CCCC3)c1. The standard InChI is InChI=1S/C45H54N4O7S/c1-5-37(29(2)3)49(26-25-48(4)39(50)23-24-40(51)52)28-32-9-8-10-34(27-32)42(53)47-44-41(36-11-6-7-12-38(36)57-44)43(54)46-35-21-17-31(18-22-35)14-13-30-15-19-33(20-16-30)45(55)56/h8-10,15-22,27,29,37H,5-7,11-14,23-26,28H2,1-4H3,(H,46,54)(H,47,53)(H,51,52)(H,55,56)/t37-/m1/s1. The lowest BCUT2D eigenvalue weighted by atomic mass is 9.95. The molecule has 4 aromatic rings. The highest BCUT2D eigenvalue weighted by molar-refractivity contribution is 7.17. The van der Waals surface area contributed by atoms with Crippen LogP contribution >= 0.6 is 11.3 Å². The number of nitrogens with zero attached hydrogens (tertiary/aromatic N) is 2. The molecule has 3 amide bonds. The molecule has 0 fully saturated rings. The molecule has 12 heteroatoms. The van der Waals surface area contributed by atoms with Crippen LogP contribution in [-0.4, -0.2) is 75.9 Å². The molecule has 302 valence electrons. The Kier molecular flexibility index (Phi) is 15.2. The number of aromatic carboxylic acids is 1. The number of carbonyl (C=O) groups excluding carboxylic acids is 3. The van der Waals surface area contributed by atoms with Crippen LogP contribution in [0.2, 0.25) is 0 Å². The summed E-state index contributed by atoms with van der Waals surface area (Å²) in [7, 11) is 1.70. The van der Waals surface area contributed by atoms with Crippen molar-refractivity contribution < 1.29 is 34.2 Å². The third kappa shape index (κ3) is 11.8. The number of aryl methyl sites for hydroxylation is 3. The number of rotatable bonds is 19. The Morgan fingerprint density at radius 2 is 1.44 bits per heavy atom. The van der Waals surface area contributed by atoms with Gasteiger partial charge >= 0.3 is 11.9 Å². The van der Waals surface area contributed by atoms with Gasteiger partial charge in [-0.25, -0.2) is 4.79 Å². The van der Waals surface area contributed by atoms with E-state index in [4.69, 9.17) is 10.2 Å². The molecule has 4 N–H and O–H groups in total. The van der Waals surface area contributed by atoms with Crippen molar-refractivity contribution >= 4 is 51.7 Å². The summed E-state index contributed by atoms with van der Waals surface area (Å²) < 4.78 is 0. The fraction of sp³-hybridized carbons (Fsp3) is 0.400. The van der Waals surface area contributed by atoms with Crippen LogP contribution in [0, 0.1) is 5.92 Å². The van der Waals surface area contributed by atoms with Crippen molar-refractivity contribution in [2.45, 2.75) is 91.1 Å². The molecule has 0 saturated carbocycles. The van der Waals surface area contributed by atoms with Gasteiger partial charge in [0.05, 0.1) is 17.5 Å². The van der Waals surface area contributed by atoms with Gasteiger partial charge in [-0.15, -0.1) is 11.3 Å². The van der Waals surface area contributed by atoms with Crippen LogP contribution in [0.5, 0.6) is 0 Å². The van der Waals surface area contributed by atoms with Crippen LogP contribution in [0.4, 0.5) is 10.7 Å². The van der Waals surface area contributed by atoms with Gasteiger partial charge in [0, 0.05) is 55.3 Å². The zero-order chi connectivity index (χ0) is 41.1. The van der Waals surface area contributed by atoms with E-state index >= 15 is 0 Å². The molecular weight excluding hydrogens is 741 g/mol. The summed E-state index contributed by atoms with van der Waals surface area (Å²) in [5, 5.41) is 24.8. The Labute approximate surface area is 339 Å². The van der Waals surface area contributed by atoms with Crippen LogP contribution in [0.25, 0.3) is 0 Å². The minimum Gasteiger partial charge on any atom is -0.481 e. The molecule has 1 heterocycles. The predicted molar refractivity (Wildman–Crippen MR) is 224 cm³/mol. The lowest BCUT2D eigenvalue weighted by Crippen LogP contribution is -2.43. The minimum atomic E-state index is -0.994. The van der Waals surface area contributed by atoms with Crippen LogP contribution < -0.4 is 10.6 Å². The first-order valence-electron chi connectivity index (χ1n) is 19.8. The van der Waals surface area contributed by atoms with Crippen LogP contribution in [0.1, 0.15) is 111 Å². The molecule has 11 nitrogen and oxygen atoms in total. The molecule has 1 aromatic heterocycles. The number of aliphatic carboxylic acids is 1. The number of thiophene rings is 1. The maximum Gasteiger partial charge on any atom is 0.335 e. The molecule has 0 radical (unpaired) electrons. The van der Waals surface area contributed by atoms with E-state index in [1.54, 1.807) is 30.1 Å². The van der Waals surface area contributed by atoms with Gasteiger partial charge in [0.15, 0.2) is 0 Å². The van der Waals surface area contributed by atoms with E-state index in [0.29, 0.717) is 47.4 Å². The number of carboxylic acids is 2. The number of likely N-dealkylation sites (N-methyl/N-ethyl adjacent to an activating group) is 1. The third-order valence-electron chi connectivity index (χ3n) is 10.7. The summed E-state index contributed by atoms with van der Waals surface area (Å²) in [6, 6.07) is 22.3. The van der Waals surface area contributed by atoms with Crippen molar-refractivity contribution in [3.05, 3.63) is 117 Å². The Balaban J connectivity index is 1.26. The normalized spacial score (nSPS) is 12.9. The first-order valence-corrected chi connectivity index (χ1v) is 20.6. The average molecular weight is 795 g/mol. The largest absolute Gasteiger partial charge is 0.481 e. The van der Waals surface area contributed by atoms with Gasteiger partial charge in [-0.3, -0.25) is 24.1 Å². The zero-order valence-electron chi connectivity index (χ0n) is 33.3. The molecule has 0 unspecified atom stereocenters. The molecule has 0 saturated heterocycles. The smallest absolute Gasteiger partial charge is 0.335 e. The van der Waals surface area contributed by atoms with Crippen molar-refractivity contribution in [1.29, 1.82) is 0 Å². The topological polar surface area (TPSA) is 156 Å². The second kappa shape index (κ2) is 20.2. The van der Waals surface area contributed by atoms with Gasteiger partial charge in [0.2, 0.25) is 5.91 Å². The number of carbonyl (C=O) groups is 5. The monoisotopic (exact) mass is 794 g/mol. The molecule has 57 heavy (non-hydrogen) atoms. The maximum absolute atomic E-state index is 13.9. The molecule has 0 spiro atoms. The van der Waals surface area contributed by atoms with Gasteiger partial charge in [-0.2, -0.15) is 0 Å². The number of amides is 3. The third-order valence-corrected chi connectivity index (χ3v) is 11.9. The number of carboxylic acid groups (broad SMARTS) is 2. The summed E-state index contributed by atoms with van der Waals surface area (Å²) in [6.45, 7) is 8.09. The zero-order valence-corrected chi connectivity index (χ0v) is 34.1. The molecule has 0 aliphatic heterocycles. The number of hydrogen-bond acceptors (Lipinski definition) is 7. The molecule has 5 rings (SSSR count). The maximum atomic E-state index is 13.9. The lowest BCUT2D eigenvalue weighted by Gasteiger charge is -2.35. The van der Waals surface area contributed by atoms with Gasteiger partial charge in [0.1, 0.15) is 5.00 Å². The van der Waals surface area contributed by atoms with Crippen LogP contribution in [0.15, 0.2) is 72.8 Å². The Hall–Kier alpha value is -5.33. The molecule has 3 aromatic carbocycles. The number of nitrogens with one attached hydrogen (secondary N) is 2. The first kappa shape index (κ1) is 42.8. The van der Waals surface area contributed by atoms with E-state index in [-0.39, 0.29) is 42.2 Å². The average Bonchev–Trinajstić information content (AvgIpc) is 3.56. The number of anilines is 2. The highest BCUT2D eigenvalue weighted by Crippen LogP contribution is 2.39. The van der Waals surface area contributed by atoms with E-state index in [2.05, 4.69) is 36.3 Å². The highest BCUT2D eigenvalue weighted by atomic mass is 32.1. The number of hydrogen-bond donors (Lipinski definition) is 4. The first-order chi connectivity index (χ1) is 27.3. The summed E-state index contributed by atoms with van der Waals surface area (Å²) in [5.41, 5.74) is 6.00. The van der Waals surface area contributed by atoms with Crippen molar-refractivity contribution in [2.24, 2.45) is 5.92 Å². The van der Waals surface area contributed by atoms with E-state index < -0.39 is 11.9 Å². The number of fused-ring (bicyclic) bond motifs is 1. The van der Waals surface area contributed by atoms with Gasteiger partial charge < -0.3 is 25.7 Å². The fourth-order valence-corrected chi connectivity index (χ4v) is 8.77. The number of benzene rings is 3. The lowest BCUT2D eigenvalue weighted by molar-refractivity contribution is -0.140. The van der Waals surface area contributed by atoms with Crippen LogP contribution in [0.3, 0.4) is 0 Å². The van der Waals surface area contributed by atoms with E-state index in [1.165, 1.54) is 11.3 Å². The quantitative estimate of drug-likeness (QED) is 0.0741. The molecule has 1 atom stereocenters. The molecule has 1 aliphatic rings. The molecular formula is C45H54N4O7S. The van der Waals surface area contributed by atoms with Crippen molar-refractivity contribution in [2.75, 3.05) is 30.8 Å². The van der Waals surface area contributed by atoms with E-state index in [0.717, 1.165) is 72.1 Å². The summed E-state index contributed by atoms with van der Waals surface area (Å²) in [5.74, 6) is -2.35. The minimum absolute atomic E-state index is 0.0367. The second-order valence-electron chi connectivity index (χ2n) is 15.1. The summed E-state index contributed by atoms with van der Waals surface area (Å²) >= 11 is 1.48. The fourth-order valence-electron chi connectivity index (χ4n) is 7.49.